The quantitative estimate of drug-likeness (QED) is 0.171. The van der Waals surface area contributed by atoms with E-state index in [-0.39, 0.29) is 20.1 Å². The topological polar surface area (TPSA) is 69.6 Å². The molecule has 0 unspecified atom stereocenters. The Bertz CT molecular complexity index is 2120. The van der Waals surface area contributed by atoms with Crippen molar-refractivity contribution in [2.24, 2.45) is 0 Å². The first-order chi connectivity index (χ1) is 20.7. The number of hydrogen-bond acceptors (Lipinski definition) is 5. The third kappa shape index (κ3) is 5.36. The van der Waals surface area contributed by atoms with E-state index in [1.54, 1.807) is 12.4 Å². The van der Waals surface area contributed by atoms with Crippen LogP contribution in [0, 0.1) is 26.0 Å². The molecule has 0 aliphatic heterocycles. The number of para-hydroxylation sites is 1. The number of imidazole rings is 1. The molecule has 43 heavy (non-hydrogen) atoms. The first-order valence-electron chi connectivity index (χ1n) is 13.7. The number of hydrogen-bond donors (Lipinski definition) is 0. The van der Waals surface area contributed by atoms with Crippen molar-refractivity contribution in [3.05, 3.63) is 139 Å². The zero-order chi connectivity index (χ0) is 28.5. The normalized spacial score (nSPS) is 10.8. The van der Waals surface area contributed by atoms with Gasteiger partial charge >= 0.3 is 0 Å². The standard InChI is InChI=1S/C25H17N4O.C11H8N.Ir/c1-15-11-12-19-18-9-6-10-20(23(18)30-25(19)27-15)24-28-21-13-14-26-16(2)22(21)29(24)17-7-4-3-5-8-17;1-2-6-10(7-3-1)11-8-4-5-9-12-11;/h3-9,11-14H,1-2H3;1-6,8-9H;/q2*-1;. The SMILES string of the molecule is Cc1ccc2c(n1)oc1c(-c3nc4ccnc(C)c4n3-c3ccccc3)[c-]ccc12.[Ir].[c-]1ccccc1-c1ccccn1. The Kier molecular flexibility index (Phi) is 7.92. The second-order valence-electron chi connectivity index (χ2n) is 9.86. The zero-order valence-electron chi connectivity index (χ0n) is 23.4. The molecule has 0 fully saturated rings. The molecule has 8 rings (SSSR count). The van der Waals surface area contributed by atoms with Crippen LogP contribution in [-0.4, -0.2) is 24.5 Å². The molecule has 0 spiro atoms. The average molecular weight is 736 g/mol. The van der Waals surface area contributed by atoms with Crippen LogP contribution in [0.5, 0.6) is 0 Å². The van der Waals surface area contributed by atoms with Gasteiger partial charge in [-0.2, -0.15) is 0 Å². The van der Waals surface area contributed by atoms with Gasteiger partial charge in [0.05, 0.1) is 28.1 Å². The molecule has 0 aliphatic carbocycles. The summed E-state index contributed by atoms with van der Waals surface area (Å²) in [4.78, 5) is 18.3. The van der Waals surface area contributed by atoms with Crippen LogP contribution in [0.15, 0.2) is 120 Å². The zero-order valence-corrected chi connectivity index (χ0v) is 25.8. The van der Waals surface area contributed by atoms with E-state index >= 15 is 0 Å². The summed E-state index contributed by atoms with van der Waals surface area (Å²) in [6.45, 7) is 3.97. The monoisotopic (exact) mass is 736 g/mol. The maximum absolute atomic E-state index is 6.22. The van der Waals surface area contributed by atoms with Crippen LogP contribution in [0.25, 0.3) is 61.4 Å². The Morgan fingerprint density at radius 2 is 1.53 bits per heavy atom. The van der Waals surface area contributed by atoms with Crippen molar-refractivity contribution >= 4 is 33.1 Å². The molecule has 211 valence electrons. The van der Waals surface area contributed by atoms with E-state index in [2.05, 4.69) is 49.9 Å². The van der Waals surface area contributed by atoms with Gasteiger partial charge in [0.1, 0.15) is 0 Å². The van der Waals surface area contributed by atoms with Crippen molar-refractivity contribution in [2.75, 3.05) is 0 Å². The summed E-state index contributed by atoms with van der Waals surface area (Å²) in [5.41, 5.74) is 8.91. The van der Waals surface area contributed by atoms with Gasteiger partial charge in [-0.05, 0) is 55.9 Å². The van der Waals surface area contributed by atoms with Crippen LogP contribution in [-0.2, 0) is 20.1 Å². The molecule has 0 atom stereocenters. The summed E-state index contributed by atoms with van der Waals surface area (Å²) in [5.74, 6) is 0.772. The van der Waals surface area contributed by atoms with Crippen LogP contribution >= 0.6 is 0 Å². The molecule has 0 N–H and O–H groups in total. The van der Waals surface area contributed by atoms with Gasteiger partial charge < -0.3 is 14.0 Å². The van der Waals surface area contributed by atoms with Gasteiger partial charge in [0, 0.05) is 49.3 Å². The smallest absolute Gasteiger partial charge is 0.216 e. The molecule has 0 bridgehead atoms. The molecule has 0 saturated heterocycles. The van der Waals surface area contributed by atoms with E-state index in [1.807, 2.05) is 98.8 Å². The fourth-order valence-corrected chi connectivity index (χ4v) is 5.13. The fraction of sp³-hybridized carbons (Fsp3) is 0.0556. The van der Waals surface area contributed by atoms with E-state index in [4.69, 9.17) is 9.40 Å². The molecule has 1 radical (unpaired) electrons. The van der Waals surface area contributed by atoms with Gasteiger partial charge in [0.2, 0.25) is 5.71 Å². The molecule has 6 nitrogen and oxygen atoms in total. The molecule has 5 aromatic heterocycles. The van der Waals surface area contributed by atoms with Crippen molar-refractivity contribution < 1.29 is 24.5 Å². The number of aromatic nitrogens is 5. The number of pyridine rings is 3. The van der Waals surface area contributed by atoms with E-state index < -0.39 is 0 Å². The Hall–Kier alpha value is -4.97. The fourth-order valence-electron chi connectivity index (χ4n) is 5.13. The van der Waals surface area contributed by atoms with Crippen molar-refractivity contribution in [3.8, 4) is 28.3 Å². The molecule has 0 amide bonds. The summed E-state index contributed by atoms with van der Waals surface area (Å²) < 4.78 is 8.36. The summed E-state index contributed by atoms with van der Waals surface area (Å²) in [6, 6.07) is 40.3. The summed E-state index contributed by atoms with van der Waals surface area (Å²) >= 11 is 0. The van der Waals surface area contributed by atoms with E-state index in [0.29, 0.717) is 5.71 Å². The molecule has 3 aromatic carbocycles. The van der Waals surface area contributed by atoms with Crippen LogP contribution in [0.1, 0.15) is 11.4 Å². The van der Waals surface area contributed by atoms with Crippen molar-refractivity contribution in [2.45, 2.75) is 13.8 Å². The third-order valence-electron chi connectivity index (χ3n) is 7.07. The third-order valence-corrected chi connectivity index (χ3v) is 7.07. The van der Waals surface area contributed by atoms with Gasteiger partial charge in [0.25, 0.3) is 0 Å². The summed E-state index contributed by atoms with van der Waals surface area (Å²) in [5, 5.41) is 2.00. The maximum atomic E-state index is 6.22. The van der Waals surface area contributed by atoms with Gasteiger partial charge in [-0.25, -0.2) is 4.98 Å². The number of benzene rings is 3. The molecular formula is C36H25IrN5O-2. The van der Waals surface area contributed by atoms with Crippen molar-refractivity contribution in [1.29, 1.82) is 0 Å². The number of furan rings is 1. The number of nitrogens with zero attached hydrogens (tertiary/aromatic N) is 5. The maximum Gasteiger partial charge on any atom is 0.216 e. The van der Waals surface area contributed by atoms with E-state index in [9.17, 15) is 0 Å². The summed E-state index contributed by atoms with van der Waals surface area (Å²) in [6.07, 6.45) is 3.58. The van der Waals surface area contributed by atoms with Crippen LogP contribution < -0.4 is 0 Å². The minimum absolute atomic E-state index is 0. The second kappa shape index (κ2) is 12.1. The van der Waals surface area contributed by atoms with Crippen LogP contribution in [0.4, 0.5) is 0 Å². The minimum Gasteiger partial charge on any atom is -0.486 e. The number of rotatable bonds is 3. The molecule has 5 heterocycles. The first kappa shape index (κ1) is 28.2. The minimum atomic E-state index is 0. The Labute approximate surface area is 262 Å². The Morgan fingerprint density at radius 1 is 0.698 bits per heavy atom. The van der Waals surface area contributed by atoms with Gasteiger partial charge in [-0.15, -0.1) is 54.1 Å². The molecule has 7 heteroatoms. The molecular weight excluding hydrogens is 711 g/mol. The average Bonchev–Trinajstić information content (AvgIpc) is 3.62. The van der Waals surface area contributed by atoms with Crippen molar-refractivity contribution in [3.63, 3.8) is 0 Å². The van der Waals surface area contributed by atoms with Crippen LogP contribution in [0.3, 0.4) is 0 Å². The Balaban J connectivity index is 0.000000213. The van der Waals surface area contributed by atoms with Gasteiger partial charge in [0.15, 0.2) is 0 Å². The number of fused-ring (bicyclic) bond motifs is 4. The molecule has 8 aromatic rings. The summed E-state index contributed by atoms with van der Waals surface area (Å²) in [7, 11) is 0. The Morgan fingerprint density at radius 3 is 2.33 bits per heavy atom. The van der Waals surface area contributed by atoms with E-state index in [1.165, 1.54) is 0 Å². The van der Waals surface area contributed by atoms with Gasteiger partial charge in [-0.1, -0.05) is 41.3 Å². The largest absolute Gasteiger partial charge is 0.486 e. The van der Waals surface area contributed by atoms with Crippen molar-refractivity contribution in [1.82, 2.24) is 24.5 Å². The second-order valence-corrected chi connectivity index (χ2v) is 9.86. The predicted octanol–water partition coefficient (Wildman–Crippen LogP) is 8.35. The van der Waals surface area contributed by atoms with E-state index in [0.717, 1.165) is 67.1 Å². The van der Waals surface area contributed by atoms with Gasteiger partial charge in [-0.3, -0.25) is 9.97 Å². The first-order valence-corrected chi connectivity index (χ1v) is 13.7. The number of aryl methyl sites for hydroxylation is 2. The molecule has 0 aliphatic rings. The predicted molar refractivity (Wildman–Crippen MR) is 166 cm³/mol. The van der Waals surface area contributed by atoms with Crippen LogP contribution in [0.2, 0.25) is 0 Å². The molecule has 0 saturated carbocycles.